The third kappa shape index (κ3) is 2.35. The first kappa shape index (κ1) is 14.5. The molecule has 0 bridgehead atoms. The molecule has 0 aromatic carbocycles. The summed E-state index contributed by atoms with van der Waals surface area (Å²) >= 11 is 0. The van der Waals surface area contributed by atoms with Crippen LogP contribution in [0.25, 0.3) is 11.0 Å². The lowest BCUT2D eigenvalue weighted by atomic mass is 9.98. The minimum absolute atomic E-state index is 0.224. The van der Waals surface area contributed by atoms with E-state index in [9.17, 15) is 13.5 Å². The van der Waals surface area contributed by atoms with Crippen LogP contribution < -0.4 is 0 Å². The highest BCUT2D eigenvalue weighted by Gasteiger charge is 2.43. The number of sulfonamides is 1. The Labute approximate surface area is 123 Å². The fraction of sp³-hybridized carbons (Fsp3) is 0.500. The van der Waals surface area contributed by atoms with Gasteiger partial charge in [-0.3, -0.25) is 0 Å². The average Bonchev–Trinajstić information content (AvgIpc) is 3.05. The quantitative estimate of drug-likeness (QED) is 0.899. The Kier molecular flexibility index (Phi) is 3.31. The summed E-state index contributed by atoms with van der Waals surface area (Å²) in [5, 5.41) is 10.8. The van der Waals surface area contributed by atoms with Gasteiger partial charge in [-0.25, -0.2) is 13.4 Å². The number of rotatable bonds is 3. The Hall–Kier alpha value is -1.44. The first-order chi connectivity index (χ1) is 9.82. The minimum Gasteiger partial charge on any atom is -0.389 e. The molecular formula is C14H19N3O3S. The van der Waals surface area contributed by atoms with Crippen molar-refractivity contribution < 1.29 is 13.5 Å². The van der Waals surface area contributed by atoms with Gasteiger partial charge < -0.3 is 10.1 Å². The van der Waals surface area contributed by atoms with Gasteiger partial charge in [0.05, 0.1) is 11.6 Å². The van der Waals surface area contributed by atoms with Gasteiger partial charge in [0.25, 0.3) is 0 Å². The van der Waals surface area contributed by atoms with Gasteiger partial charge in [-0.05, 0) is 38.8 Å². The summed E-state index contributed by atoms with van der Waals surface area (Å²) in [6, 6.07) is 3.05. The zero-order chi connectivity index (χ0) is 15.3. The van der Waals surface area contributed by atoms with Gasteiger partial charge in [-0.1, -0.05) is 0 Å². The van der Waals surface area contributed by atoms with Crippen molar-refractivity contribution in [3.63, 3.8) is 0 Å². The van der Waals surface area contributed by atoms with Gasteiger partial charge in [0.1, 0.15) is 10.5 Å². The second-order valence-electron chi connectivity index (χ2n) is 5.98. The van der Waals surface area contributed by atoms with Crippen LogP contribution >= 0.6 is 0 Å². The topological polar surface area (TPSA) is 86.3 Å². The average molecular weight is 309 g/mol. The van der Waals surface area contributed by atoms with Crippen molar-refractivity contribution in [2.24, 2.45) is 0 Å². The van der Waals surface area contributed by atoms with E-state index in [4.69, 9.17) is 0 Å². The highest BCUT2D eigenvalue weighted by Crippen LogP contribution is 2.34. The normalized spacial score (nSPS) is 21.2. The molecule has 0 saturated carbocycles. The molecule has 1 atom stereocenters. The third-order valence-corrected chi connectivity index (χ3v) is 5.97. The number of hydrogen-bond acceptors (Lipinski definition) is 4. The molecule has 1 unspecified atom stereocenters. The summed E-state index contributed by atoms with van der Waals surface area (Å²) in [6.07, 6.45) is 4.52. The summed E-state index contributed by atoms with van der Waals surface area (Å²) in [6.45, 7) is 3.74. The van der Waals surface area contributed by atoms with Crippen molar-refractivity contribution in [1.29, 1.82) is 0 Å². The van der Waals surface area contributed by atoms with E-state index in [1.54, 1.807) is 32.2 Å². The zero-order valence-corrected chi connectivity index (χ0v) is 12.9. The van der Waals surface area contributed by atoms with Gasteiger partial charge in [0.15, 0.2) is 0 Å². The first-order valence-electron chi connectivity index (χ1n) is 6.98. The highest BCUT2D eigenvalue weighted by atomic mass is 32.2. The third-order valence-electron chi connectivity index (χ3n) is 4.02. The standard InChI is InChI=1S/C14H19N3O3S/c1-14(2,18)12-6-4-8-17(12)21(19,20)11-9-16-13-10(11)5-3-7-15-13/h3,5,7,9,12,18H,4,6,8H2,1-2H3,(H,15,16). The van der Waals surface area contributed by atoms with Gasteiger partial charge in [0.2, 0.25) is 10.0 Å². The Morgan fingerprint density at radius 1 is 1.48 bits per heavy atom. The molecule has 2 aromatic heterocycles. The Morgan fingerprint density at radius 2 is 2.24 bits per heavy atom. The van der Waals surface area contributed by atoms with Crippen molar-refractivity contribution in [2.45, 2.75) is 43.2 Å². The van der Waals surface area contributed by atoms with Gasteiger partial charge in [0, 0.05) is 24.3 Å². The first-order valence-corrected chi connectivity index (χ1v) is 8.42. The molecule has 6 nitrogen and oxygen atoms in total. The molecule has 114 valence electrons. The summed E-state index contributed by atoms with van der Waals surface area (Å²) in [7, 11) is -3.65. The zero-order valence-electron chi connectivity index (χ0n) is 12.1. The number of hydrogen-bond donors (Lipinski definition) is 2. The Bertz CT molecular complexity index is 761. The Morgan fingerprint density at radius 3 is 2.95 bits per heavy atom. The smallest absolute Gasteiger partial charge is 0.245 e. The van der Waals surface area contributed by atoms with Crippen molar-refractivity contribution in [3.8, 4) is 0 Å². The molecule has 2 aromatic rings. The molecule has 21 heavy (non-hydrogen) atoms. The minimum atomic E-state index is -3.65. The summed E-state index contributed by atoms with van der Waals surface area (Å²) in [5.74, 6) is 0. The lowest BCUT2D eigenvalue weighted by Crippen LogP contribution is -2.48. The van der Waals surface area contributed by atoms with Crippen LogP contribution in [-0.2, 0) is 10.0 Å². The maximum absolute atomic E-state index is 12.9. The number of H-pyrrole nitrogens is 1. The lowest BCUT2D eigenvalue weighted by Gasteiger charge is -2.32. The van der Waals surface area contributed by atoms with Crippen molar-refractivity contribution in [3.05, 3.63) is 24.5 Å². The molecule has 0 radical (unpaired) electrons. The van der Waals surface area contributed by atoms with E-state index in [2.05, 4.69) is 9.97 Å². The predicted octanol–water partition coefficient (Wildman–Crippen LogP) is 1.49. The number of nitrogens with one attached hydrogen (secondary N) is 1. The Balaban J connectivity index is 2.08. The highest BCUT2D eigenvalue weighted by molar-refractivity contribution is 7.89. The second-order valence-corrected chi connectivity index (χ2v) is 7.84. The molecule has 0 aliphatic carbocycles. The van der Waals surface area contributed by atoms with Crippen LogP contribution in [0.4, 0.5) is 0 Å². The second kappa shape index (κ2) is 4.79. The molecular weight excluding hydrogens is 290 g/mol. The van der Waals surface area contributed by atoms with E-state index >= 15 is 0 Å². The fourth-order valence-electron chi connectivity index (χ4n) is 3.00. The molecule has 1 fully saturated rings. The number of aliphatic hydroxyl groups is 1. The van der Waals surface area contributed by atoms with E-state index in [0.29, 0.717) is 24.0 Å². The largest absolute Gasteiger partial charge is 0.389 e. The lowest BCUT2D eigenvalue weighted by molar-refractivity contribution is 0.0215. The summed E-state index contributed by atoms with van der Waals surface area (Å²) in [4.78, 5) is 7.24. The van der Waals surface area contributed by atoms with E-state index < -0.39 is 21.7 Å². The van der Waals surface area contributed by atoms with Gasteiger partial charge >= 0.3 is 0 Å². The van der Waals surface area contributed by atoms with Crippen molar-refractivity contribution in [1.82, 2.24) is 14.3 Å². The van der Waals surface area contributed by atoms with E-state index in [1.807, 2.05) is 0 Å². The summed E-state index contributed by atoms with van der Waals surface area (Å²) in [5.41, 5.74) is -0.511. The van der Waals surface area contributed by atoms with Crippen LogP contribution in [0.15, 0.2) is 29.4 Å². The maximum atomic E-state index is 12.9. The SMILES string of the molecule is CC(C)(O)C1CCCN1S(=O)(=O)c1c[nH]c2ncccc12. The van der Waals surface area contributed by atoms with Gasteiger partial charge in [-0.15, -0.1) is 0 Å². The number of pyridine rings is 1. The van der Waals surface area contributed by atoms with Crippen LogP contribution in [0.2, 0.25) is 0 Å². The maximum Gasteiger partial charge on any atom is 0.245 e. The molecule has 1 aliphatic rings. The molecule has 7 heteroatoms. The molecule has 3 heterocycles. The van der Waals surface area contributed by atoms with Crippen LogP contribution in [0.1, 0.15) is 26.7 Å². The number of aromatic nitrogens is 2. The van der Waals surface area contributed by atoms with E-state index in [0.717, 1.165) is 6.42 Å². The van der Waals surface area contributed by atoms with Crippen molar-refractivity contribution in [2.75, 3.05) is 6.54 Å². The van der Waals surface area contributed by atoms with Crippen LogP contribution in [0, 0.1) is 0 Å². The van der Waals surface area contributed by atoms with Crippen LogP contribution in [-0.4, -0.2) is 46.0 Å². The molecule has 2 N–H and O–H groups in total. The molecule has 1 aliphatic heterocycles. The number of aromatic amines is 1. The summed E-state index contributed by atoms with van der Waals surface area (Å²) < 4.78 is 27.3. The van der Waals surface area contributed by atoms with E-state index in [1.165, 1.54) is 10.5 Å². The number of fused-ring (bicyclic) bond motifs is 1. The van der Waals surface area contributed by atoms with Crippen LogP contribution in [0.3, 0.4) is 0 Å². The molecule has 0 spiro atoms. The van der Waals surface area contributed by atoms with Gasteiger partial charge in [-0.2, -0.15) is 4.31 Å². The van der Waals surface area contributed by atoms with E-state index in [-0.39, 0.29) is 4.90 Å². The number of nitrogens with zero attached hydrogens (tertiary/aromatic N) is 2. The predicted molar refractivity (Wildman–Crippen MR) is 79.3 cm³/mol. The molecule has 1 saturated heterocycles. The monoisotopic (exact) mass is 309 g/mol. The van der Waals surface area contributed by atoms with Crippen LogP contribution in [0.5, 0.6) is 0 Å². The molecule has 3 rings (SSSR count). The van der Waals surface area contributed by atoms with Crippen molar-refractivity contribution >= 4 is 21.1 Å². The molecule has 0 amide bonds. The fourth-order valence-corrected chi connectivity index (χ4v) is 4.98.